The van der Waals surface area contributed by atoms with Gasteiger partial charge in [-0.25, -0.2) is 0 Å². The minimum atomic E-state index is -0.102. The quantitative estimate of drug-likeness (QED) is 0.806. The molecule has 110 valence electrons. The van der Waals surface area contributed by atoms with Crippen molar-refractivity contribution in [2.75, 3.05) is 19.7 Å². The van der Waals surface area contributed by atoms with Crippen LogP contribution in [0.15, 0.2) is 30.3 Å². The van der Waals surface area contributed by atoms with Crippen LogP contribution < -0.4 is 10.6 Å². The Bertz CT molecular complexity index is 422. The van der Waals surface area contributed by atoms with E-state index in [1.807, 2.05) is 25.1 Å². The maximum absolute atomic E-state index is 12.0. The van der Waals surface area contributed by atoms with Gasteiger partial charge in [0.1, 0.15) is 0 Å². The van der Waals surface area contributed by atoms with Gasteiger partial charge in [-0.05, 0) is 32.4 Å². The van der Waals surface area contributed by atoms with Gasteiger partial charge in [0.25, 0.3) is 0 Å². The van der Waals surface area contributed by atoms with Crippen LogP contribution in [-0.2, 0) is 9.53 Å². The Kier molecular flexibility index (Phi) is 5.56. The predicted octanol–water partition coefficient (Wildman–Crippen LogP) is 1.88. The normalized spacial score (nSPS) is 24.1. The first kappa shape index (κ1) is 15.0. The van der Waals surface area contributed by atoms with Crippen molar-refractivity contribution >= 4 is 5.97 Å². The largest absolute Gasteiger partial charge is 0.466 e. The van der Waals surface area contributed by atoms with E-state index >= 15 is 0 Å². The van der Waals surface area contributed by atoms with Gasteiger partial charge in [-0.1, -0.05) is 30.3 Å². The Hall–Kier alpha value is -1.39. The van der Waals surface area contributed by atoms with E-state index in [0.717, 1.165) is 13.0 Å². The van der Waals surface area contributed by atoms with Crippen molar-refractivity contribution in [3.05, 3.63) is 35.9 Å². The van der Waals surface area contributed by atoms with Crippen LogP contribution in [0.1, 0.15) is 31.9 Å². The first-order valence-corrected chi connectivity index (χ1v) is 7.40. The van der Waals surface area contributed by atoms with E-state index < -0.39 is 0 Å². The highest BCUT2D eigenvalue weighted by molar-refractivity contribution is 5.73. The lowest BCUT2D eigenvalue weighted by Crippen LogP contribution is -2.51. The summed E-state index contributed by atoms with van der Waals surface area (Å²) >= 11 is 0. The Morgan fingerprint density at radius 3 is 2.90 bits per heavy atom. The third-order valence-corrected chi connectivity index (χ3v) is 3.84. The Labute approximate surface area is 120 Å². The summed E-state index contributed by atoms with van der Waals surface area (Å²) in [6, 6.07) is 10.7. The maximum atomic E-state index is 12.0. The molecular formula is C16H24N2O2. The molecule has 0 bridgehead atoms. The fraction of sp³-hybridized carbons (Fsp3) is 0.562. The zero-order valence-electron chi connectivity index (χ0n) is 12.3. The number of hydrogen-bond donors (Lipinski definition) is 2. The number of benzene rings is 1. The molecule has 4 heteroatoms. The summed E-state index contributed by atoms with van der Waals surface area (Å²) in [7, 11) is 0. The average molecular weight is 276 g/mol. The van der Waals surface area contributed by atoms with Crippen molar-refractivity contribution in [2.24, 2.45) is 5.92 Å². The molecule has 0 unspecified atom stereocenters. The summed E-state index contributed by atoms with van der Waals surface area (Å²) in [5, 5.41) is 6.86. The molecule has 1 aliphatic heterocycles. The number of carbonyl (C=O) groups excluding carboxylic acids is 1. The van der Waals surface area contributed by atoms with E-state index in [0.29, 0.717) is 13.2 Å². The van der Waals surface area contributed by atoms with E-state index in [-0.39, 0.29) is 24.0 Å². The van der Waals surface area contributed by atoms with Gasteiger partial charge in [0.15, 0.2) is 0 Å². The third-order valence-electron chi connectivity index (χ3n) is 3.84. The Morgan fingerprint density at radius 1 is 1.45 bits per heavy atom. The molecule has 1 heterocycles. The lowest BCUT2D eigenvalue weighted by molar-refractivity contribution is -0.149. The molecule has 0 spiro atoms. The third kappa shape index (κ3) is 3.81. The van der Waals surface area contributed by atoms with Crippen LogP contribution in [0, 0.1) is 5.92 Å². The van der Waals surface area contributed by atoms with Crippen molar-refractivity contribution in [3.63, 3.8) is 0 Å². The maximum Gasteiger partial charge on any atom is 0.311 e. The lowest BCUT2D eigenvalue weighted by Gasteiger charge is -2.33. The van der Waals surface area contributed by atoms with Crippen molar-refractivity contribution < 1.29 is 9.53 Å². The van der Waals surface area contributed by atoms with Gasteiger partial charge in [-0.15, -0.1) is 0 Å². The van der Waals surface area contributed by atoms with E-state index in [2.05, 4.69) is 29.7 Å². The summed E-state index contributed by atoms with van der Waals surface area (Å²) in [5.41, 5.74) is 1.24. The zero-order chi connectivity index (χ0) is 14.4. The number of hydrogen-bond acceptors (Lipinski definition) is 4. The molecule has 0 saturated carbocycles. The molecule has 0 aliphatic carbocycles. The monoisotopic (exact) mass is 276 g/mol. The van der Waals surface area contributed by atoms with Gasteiger partial charge >= 0.3 is 5.97 Å². The minimum Gasteiger partial charge on any atom is -0.466 e. The van der Waals surface area contributed by atoms with E-state index in [4.69, 9.17) is 4.74 Å². The van der Waals surface area contributed by atoms with Gasteiger partial charge in [0.2, 0.25) is 0 Å². The van der Waals surface area contributed by atoms with Gasteiger partial charge < -0.3 is 15.4 Å². The topological polar surface area (TPSA) is 50.4 Å². The van der Waals surface area contributed by atoms with Crippen LogP contribution in [-0.4, -0.2) is 31.7 Å². The van der Waals surface area contributed by atoms with Crippen LogP contribution in [0.2, 0.25) is 0 Å². The van der Waals surface area contributed by atoms with E-state index in [1.54, 1.807) is 0 Å². The summed E-state index contributed by atoms with van der Waals surface area (Å²) in [6.07, 6.45) is 0.945. The molecule has 2 rings (SSSR count). The second kappa shape index (κ2) is 7.41. The molecule has 1 saturated heterocycles. The summed E-state index contributed by atoms with van der Waals surface area (Å²) in [4.78, 5) is 12.0. The highest BCUT2D eigenvalue weighted by Gasteiger charge is 2.32. The molecule has 1 aliphatic rings. The zero-order valence-corrected chi connectivity index (χ0v) is 12.3. The Morgan fingerprint density at radius 2 is 2.20 bits per heavy atom. The fourth-order valence-electron chi connectivity index (χ4n) is 2.71. The lowest BCUT2D eigenvalue weighted by atomic mass is 9.92. The number of rotatable bonds is 5. The van der Waals surface area contributed by atoms with Gasteiger partial charge in [-0.2, -0.15) is 0 Å². The smallest absolute Gasteiger partial charge is 0.311 e. The van der Waals surface area contributed by atoms with Crippen LogP contribution in [0.4, 0.5) is 0 Å². The van der Waals surface area contributed by atoms with Crippen LogP contribution in [0.25, 0.3) is 0 Å². The summed E-state index contributed by atoms with van der Waals surface area (Å²) in [6.45, 7) is 6.06. The first-order valence-electron chi connectivity index (χ1n) is 7.40. The molecule has 1 aromatic rings. The number of carbonyl (C=O) groups is 1. The number of nitrogens with one attached hydrogen (secondary N) is 2. The van der Waals surface area contributed by atoms with Crippen molar-refractivity contribution in [1.82, 2.24) is 10.6 Å². The predicted molar refractivity (Wildman–Crippen MR) is 79.4 cm³/mol. The second-order valence-corrected chi connectivity index (χ2v) is 5.26. The highest BCUT2D eigenvalue weighted by Crippen LogP contribution is 2.19. The van der Waals surface area contributed by atoms with Crippen LogP contribution in [0.3, 0.4) is 0 Å². The average Bonchev–Trinajstić information content (AvgIpc) is 2.49. The van der Waals surface area contributed by atoms with E-state index in [1.165, 1.54) is 5.56 Å². The highest BCUT2D eigenvalue weighted by atomic mass is 16.5. The molecule has 1 aromatic carbocycles. The van der Waals surface area contributed by atoms with Gasteiger partial charge in [0, 0.05) is 18.6 Å². The standard InChI is InChI=1S/C16H24N2O2/c1-3-20-16(19)14-11-17-10-9-15(14)18-12(2)13-7-5-4-6-8-13/h4-8,12,14-15,17-18H,3,9-11H2,1-2H3/t12-,14-,15+/m0/s1. The molecule has 3 atom stereocenters. The van der Waals surface area contributed by atoms with Gasteiger partial charge in [-0.3, -0.25) is 4.79 Å². The number of piperidine rings is 1. The van der Waals surface area contributed by atoms with Crippen molar-refractivity contribution in [3.8, 4) is 0 Å². The number of ether oxygens (including phenoxy) is 1. The molecule has 0 amide bonds. The summed E-state index contributed by atoms with van der Waals surface area (Å²) in [5.74, 6) is -0.202. The first-order chi connectivity index (χ1) is 9.72. The molecule has 20 heavy (non-hydrogen) atoms. The van der Waals surface area contributed by atoms with Crippen LogP contribution in [0.5, 0.6) is 0 Å². The minimum absolute atomic E-state index is 0.0996. The van der Waals surface area contributed by atoms with Crippen LogP contribution >= 0.6 is 0 Å². The molecule has 4 nitrogen and oxygen atoms in total. The van der Waals surface area contributed by atoms with Crippen molar-refractivity contribution in [1.29, 1.82) is 0 Å². The van der Waals surface area contributed by atoms with Gasteiger partial charge in [0.05, 0.1) is 12.5 Å². The SMILES string of the molecule is CCOC(=O)[C@H]1CNCC[C@H]1N[C@@H](C)c1ccccc1. The molecule has 0 aromatic heterocycles. The van der Waals surface area contributed by atoms with Crippen molar-refractivity contribution in [2.45, 2.75) is 32.4 Å². The number of esters is 1. The molecule has 1 fully saturated rings. The summed E-state index contributed by atoms with van der Waals surface area (Å²) < 4.78 is 5.18. The molecular weight excluding hydrogens is 252 g/mol. The van der Waals surface area contributed by atoms with E-state index in [9.17, 15) is 4.79 Å². The molecule has 0 radical (unpaired) electrons. The Balaban J connectivity index is 2.00. The molecule has 2 N–H and O–H groups in total. The second-order valence-electron chi connectivity index (χ2n) is 5.26. The fourth-order valence-corrected chi connectivity index (χ4v) is 2.71.